The Hall–Kier alpha value is -6.00. The second-order valence-corrected chi connectivity index (χ2v) is 21.9. The molecule has 2 aliphatic heterocycles. The van der Waals surface area contributed by atoms with Gasteiger partial charge in [-0.2, -0.15) is 16.8 Å². The highest BCUT2D eigenvalue weighted by Gasteiger charge is 2.56. The van der Waals surface area contributed by atoms with E-state index >= 15 is 0 Å². The van der Waals surface area contributed by atoms with Gasteiger partial charge in [0, 0.05) is 0 Å². The summed E-state index contributed by atoms with van der Waals surface area (Å²) in [6, 6.07) is 58.1. The third-order valence-electron chi connectivity index (χ3n) is 13.3. The van der Waals surface area contributed by atoms with Crippen molar-refractivity contribution < 1.29 is 68.9 Å². The summed E-state index contributed by atoms with van der Waals surface area (Å²) in [5.74, 6) is 0. The van der Waals surface area contributed by atoms with Crippen LogP contribution >= 0.6 is 0 Å². The van der Waals surface area contributed by atoms with Crippen LogP contribution in [0.4, 0.5) is 0 Å². The zero-order valence-corrected chi connectivity index (χ0v) is 43.3. The average molecular weight is 1070 g/mol. The van der Waals surface area contributed by atoms with E-state index in [9.17, 15) is 32.2 Å². The first kappa shape index (κ1) is 54.8. The van der Waals surface area contributed by atoms with Crippen molar-refractivity contribution in [1.29, 1.82) is 0 Å². The fourth-order valence-corrected chi connectivity index (χ4v) is 11.5. The average Bonchev–Trinajstić information content (AvgIpc) is 3.44. The molecule has 76 heavy (non-hydrogen) atoms. The van der Waals surface area contributed by atoms with Gasteiger partial charge in [0.25, 0.3) is 20.2 Å². The Morgan fingerprint density at radius 3 is 1.24 bits per heavy atom. The molecule has 0 bridgehead atoms. The molecule has 0 aliphatic carbocycles. The molecule has 7 aromatic carbocycles. The lowest BCUT2D eigenvalue weighted by atomic mass is 9.79. The highest BCUT2D eigenvalue weighted by Crippen LogP contribution is 2.45. The minimum absolute atomic E-state index is 0.0480. The zero-order valence-electron chi connectivity index (χ0n) is 41.7. The first-order chi connectivity index (χ1) is 36.7. The van der Waals surface area contributed by atoms with E-state index in [1.54, 1.807) is 38.1 Å². The van der Waals surface area contributed by atoms with E-state index in [-0.39, 0.29) is 36.2 Å². The number of aliphatic hydroxyl groups excluding tert-OH is 3. The second kappa shape index (κ2) is 24.6. The summed E-state index contributed by atoms with van der Waals surface area (Å²) in [5, 5.41) is 37.0. The quantitative estimate of drug-likeness (QED) is 0.0471. The number of aryl methyl sites for hydroxylation is 2. The molecule has 2 saturated heterocycles. The summed E-state index contributed by atoms with van der Waals surface area (Å²) in [6.07, 6.45) is -18.0. The van der Waals surface area contributed by atoms with Crippen LogP contribution in [0.2, 0.25) is 0 Å². The molecule has 0 radical (unpaired) electrons. The van der Waals surface area contributed by atoms with Crippen LogP contribution in [0.15, 0.2) is 210 Å². The van der Waals surface area contributed by atoms with E-state index in [0.29, 0.717) is 16.7 Å². The number of aliphatic hydroxyl groups is 3. The van der Waals surface area contributed by atoms with Gasteiger partial charge >= 0.3 is 0 Å². The lowest BCUT2D eigenvalue weighted by molar-refractivity contribution is -0.357. The first-order valence-corrected chi connectivity index (χ1v) is 27.6. The van der Waals surface area contributed by atoms with Gasteiger partial charge in [-0.25, -0.2) is 0 Å². The molecule has 2 heterocycles. The summed E-state index contributed by atoms with van der Waals surface area (Å²) in [7, 11) is -9.47. The molecule has 2 fully saturated rings. The van der Waals surface area contributed by atoms with E-state index in [1.165, 1.54) is 24.3 Å². The Bertz CT molecular complexity index is 3040. The SMILES string of the molecule is Cc1ccc(S(=O)(=O)O[C@@H]2[C@@H](O[C@H]3[C@H](O)[C@H](OS(=O)(=O)c4ccc(C)cc4)[C@@H](O)O[C@@H]3COCc3ccccc3)O[C@H](COCc3ccccc3)[C@@H](OC(c3ccccc3)(c3ccccc3)c3ccccc3)[C@H]2O)cc1. The van der Waals surface area contributed by atoms with E-state index in [1.807, 2.05) is 152 Å². The molecule has 7 aromatic rings. The predicted molar refractivity (Wildman–Crippen MR) is 279 cm³/mol. The van der Waals surface area contributed by atoms with Crippen molar-refractivity contribution >= 4 is 20.2 Å². The minimum Gasteiger partial charge on any atom is -0.387 e. The maximum absolute atomic E-state index is 14.6. The van der Waals surface area contributed by atoms with E-state index in [4.69, 9.17) is 36.8 Å². The number of hydrogen-bond donors (Lipinski definition) is 3. The van der Waals surface area contributed by atoms with Gasteiger partial charge in [0.05, 0.1) is 36.2 Å². The number of ether oxygens (including phenoxy) is 6. The van der Waals surface area contributed by atoms with Crippen LogP contribution in [-0.4, -0.2) is 107 Å². The van der Waals surface area contributed by atoms with Crippen molar-refractivity contribution in [3.8, 4) is 0 Å². The first-order valence-electron chi connectivity index (χ1n) is 24.8. The smallest absolute Gasteiger partial charge is 0.297 e. The molecule has 0 saturated carbocycles. The highest BCUT2D eigenvalue weighted by molar-refractivity contribution is 7.87. The summed E-state index contributed by atoms with van der Waals surface area (Å²) >= 11 is 0. The summed E-state index contributed by atoms with van der Waals surface area (Å²) in [5.41, 5.74) is 3.56. The van der Waals surface area contributed by atoms with Crippen LogP contribution in [0.3, 0.4) is 0 Å². The molecule has 2 aliphatic rings. The summed E-state index contributed by atoms with van der Waals surface area (Å²) < 4.78 is 108. The number of rotatable bonds is 21. The van der Waals surface area contributed by atoms with Crippen molar-refractivity contribution in [3.63, 3.8) is 0 Å². The zero-order chi connectivity index (χ0) is 53.3. The normalized spacial score (nSPS) is 24.2. The molecule has 15 nitrogen and oxygen atoms in total. The van der Waals surface area contributed by atoms with Crippen molar-refractivity contribution in [1.82, 2.24) is 0 Å². The van der Waals surface area contributed by atoms with Gasteiger partial charge in [-0.3, -0.25) is 8.37 Å². The van der Waals surface area contributed by atoms with Gasteiger partial charge in [0.15, 0.2) is 24.8 Å². The molecule has 10 atom stereocenters. The molecular weight excluding hydrogens is 1010 g/mol. The van der Waals surface area contributed by atoms with E-state index < -0.39 is 87.2 Å². The van der Waals surface area contributed by atoms with E-state index in [0.717, 1.165) is 22.3 Å². The molecule has 9 rings (SSSR count). The monoisotopic (exact) mass is 1070 g/mol. The number of benzene rings is 7. The van der Waals surface area contributed by atoms with E-state index in [2.05, 4.69) is 0 Å². The van der Waals surface area contributed by atoms with Crippen LogP contribution in [0.25, 0.3) is 0 Å². The third-order valence-corrected chi connectivity index (χ3v) is 15.9. The molecular formula is C59H60O15S2. The Kier molecular flexibility index (Phi) is 17.7. The fourth-order valence-electron chi connectivity index (χ4n) is 9.33. The van der Waals surface area contributed by atoms with Crippen LogP contribution in [0.5, 0.6) is 0 Å². The lowest BCUT2D eigenvalue weighted by Crippen LogP contribution is -2.66. The van der Waals surface area contributed by atoms with Crippen LogP contribution in [0, 0.1) is 13.8 Å². The van der Waals surface area contributed by atoms with Gasteiger partial charge in [0.2, 0.25) is 0 Å². The largest absolute Gasteiger partial charge is 0.387 e. The molecule has 17 heteroatoms. The topological polar surface area (TPSA) is 203 Å². The summed E-state index contributed by atoms with van der Waals surface area (Å²) in [6.45, 7) is 3.05. The maximum atomic E-state index is 14.6. The van der Waals surface area contributed by atoms with Gasteiger partial charge in [0.1, 0.15) is 42.2 Å². The Morgan fingerprint density at radius 2 is 0.816 bits per heavy atom. The Balaban J connectivity index is 1.14. The molecule has 3 N–H and O–H groups in total. The Labute approximate surface area is 443 Å². The predicted octanol–water partition coefficient (Wildman–Crippen LogP) is 7.51. The molecule has 0 aromatic heterocycles. The molecule has 0 unspecified atom stereocenters. The summed E-state index contributed by atoms with van der Waals surface area (Å²) in [4.78, 5) is -0.521. The molecule has 398 valence electrons. The lowest BCUT2D eigenvalue weighted by Gasteiger charge is -2.49. The van der Waals surface area contributed by atoms with Crippen molar-refractivity contribution in [3.05, 3.63) is 239 Å². The van der Waals surface area contributed by atoms with Gasteiger partial charge < -0.3 is 43.7 Å². The standard InChI is InChI=1S/C59H60O15S2/c1-40-28-32-47(33-29-40)75(63,64)73-55-51(60)53(49(69-57(55)62)38-67-36-42-18-8-3-9-19-42)71-58-56(74-76(65,66)48-34-30-41(2)31-35-48)52(61)54(50(70-58)39-68-37-43-20-10-4-11-21-43)72-59(44-22-12-5-13-23-44,45-24-14-6-15-25-45)46-26-16-7-17-27-46/h3-35,49-58,60-62H,36-39H2,1-2H3/t49-,50-,51+,52-,53-,54-,55+,56+,57+,58-/m1/s1. The van der Waals surface area contributed by atoms with Gasteiger partial charge in [-0.15, -0.1) is 0 Å². The van der Waals surface area contributed by atoms with Crippen molar-refractivity contribution in [2.45, 2.75) is 104 Å². The van der Waals surface area contributed by atoms with Crippen LogP contribution < -0.4 is 0 Å². The molecule has 0 spiro atoms. The third kappa shape index (κ3) is 12.7. The van der Waals surface area contributed by atoms with Crippen molar-refractivity contribution in [2.75, 3.05) is 13.2 Å². The fraction of sp³-hybridized carbons (Fsp3) is 0.288. The van der Waals surface area contributed by atoms with Gasteiger partial charge in [-0.1, -0.05) is 187 Å². The van der Waals surface area contributed by atoms with Gasteiger partial charge in [-0.05, 0) is 65.9 Å². The van der Waals surface area contributed by atoms with Crippen LogP contribution in [-0.2, 0) is 75.8 Å². The van der Waals surface area contributed by atoms with Crippen molar-refractivity contribution in [2.24, 2.45) is 0 Å². The Morgan fingerprint density at radius 1 is 0.447 bits per heavy atom. The molecule has 0 amide bonds. The second-order valence-electron chi connectivity index (χ2n) is 18.7. The highest BCUT2D eigenvalue weighted by atomic mass is 32.2. The van der Waals surface area contributed by atoms with Crippen LogP contribution in [0.1, 0.15) is 38.9 Å². The maximum Gasteiger partial charge on any atom is 0.297 e. The number of hydrogen-bond acceptors (Lipinski definition) is 15. The minimum atomic E-state index is -4.80.